The van der Waals surface area contributed by atoms with Crippen molar-refractivity contribution >= 4 is 5.91 Å². The largest absolute Gasteiger partial charge is 0.354 e. The minimum absolute atomic E-state index is 0.176. The standard InChI is InChI=1S/C17H20FN7O/c1-13-21-22-23-25(13)16(12-14-4-6-15(18)7-5-14)17(26)19-8-2-10-24-11-3-9-20-24/h3-7,9,11,16H,2,8,10,12H2,1H3,(H,19,26). The molecule has 0 aliphatic rings. The number of hydrogen-bond donors (Lipinski definition) is 1. The second kappa shape index (κ2) is 8.32. The van der Waals surface area contributed by atoms with Crippen LogP contribution in [0.4, 0.5) is 4.39 Å². The zero-order valence-electron chi connectivity index (χ0n) is 14.4. The summed E-state index contributed by atoms with van der Waals surface area (Å²) in [5, 5.41) is 18.5. The predicted octanol–water partition coefficient (Wildman–Crippen LogP) is 1.31. The molecule has 2 heterocycles. The Kier molecular flexibility index (Phi) is 5.67. The lowest BCUT2D eigenvalue weighted by Crippen LogP contribution is -2.35. The molecule has 8 nitrogen and oxygen atoms in total. The number of hydrogen-bond acceptors (Lipinski definition) is 5. The molecule has 0 fully saturated rings. The number of nitrogens with zero attached hydrogens (tertiary/aromatic N) is 6. The SMILES string of the molecule is Cc1nnnn1C(Cc1ccc(F)cc1)C(=O)NCCCn1cccn1. The van der Waals surface area contributed by atoms with E-state index in [-0.39, 0.29) is 11.7 Å². The molecule has 0 aliphatic carbocycles. The second-order valence-corrected chi connectivity index (χ2v) is 5.93. The summed E-state index contributed by atoms with van der Waals surface area (Å²) in [4.78, 5) is 12.7. The number of amides is 1. The molecular formula is C17H20FN7O. The van der Waals surface area contributed by atoms with E-state index in [2.05, 4.69) is 25.9 Å². The maximum absolute atomic E-state index is 13.1. The van der Waals surface area contributed by atoms with Crippen LogP contribution in [0.2, 0.25) is 0 Å². The van der Waals surface area contributed by atoms with Gasteiger partial charge in [0.1, 0.15) is 17.7 Å². The zero-order chi connectivity index (χ0) is 18.4. The maximum Gasteiger partial charge on any atom is 0.245 e. The van der Waals surface area contributed by atoms with E-state index in [9.17, 15) is 9.18 Å². The summed E-state index contributed by atoms with van der Waals surface area (Å²) >= 11 is 0. The Morgan fingerprint density at radius 2 is 2.12 bits per heavy atom. The van der Waals surface area contributed by atoms with Crippen molar-refractivity contribution in [1.82, 2.24) is 35.3 Å². The first-order valence-corrected chi connectivity index (χ1v) is 8.37. The monoisotopic (exact) mass is 357 g/mol. The molecule has 3 aromatic rings. The third-order valence-electron chi connectivity index (χ3n) is 4.02. The summed E-state index contributed by atoms with van der Waals surface area (Å²) in [5.41, 5.74) is 0.831. The minimum Gasteiger partial charge on any atom is -0.354 e. The highest BCUT2D eigenvalue weighted by molar-refractivity contribution is 5.80. The number of aromatic nitrogens is 6. The fourth-order valence-electron chi connectivity index (χ4n) is 2.66. The summed E-state index contributed by atoms with van der Waals surface area (Å²) in [5.74, 6) is 0.0565. The van der Waals surface area contributed by atoms with Crippen molar-refractivity contribution in [3.8, 4) is 0 Å². The topological polar surface area (TPSA) is 90.5 Å². The lowest BCUT2D eigenvalue weighted by atomic mass is 10.1. The Bertz CT molecular complexity index is 829. The highest BCUT2D eigenvalue weighted by Crippen LogP contribution is 2.15. The van der Waals surface area contributed by atoms with Crippen LogP contribution in [0.25, 0.3) is 0 Å². The lowest BCUT2D eigenvalue weighted by Gasteiger charge is -2.17. The number of carbonyl (C=O) groups is 1. The zero-order valence-corrected chi connectivity index (χ0v) is 14.4. The second-order valence-electron chi connectivity index (χ2n) is 5.93. The van der Waals surface area contributed by atoms with E-state index >= 15 is 0 Å². The van der Waals surface area contributed by atoms with Gasteiger partial charge < -0.3 is 5.32 Å². The number of benzene rings is 1. The number of aryl methyl sites for hydroxylation is 2. The number of nitrogens with one attached hydrogen (secondary N) is 1. The summed E-state index contributed by atoms with van der Waals surface area (Å²) < 4.78 is 16.4. The average Bonchev–Trinajstić information content (AvgIpc) is 3.30. The normalized spacial score (nSPS) is 12.1. The molecule has 1 N–H and O–H groups in total. The van der Waals surface area contributed by atoms with E-state index in [1.54, 1.807) is 25.3 Å². The van der Waals surface area contributed by atoms with Gasteiger partial charge in [0.05, 0.1) is 0 Å². The van der Waals surface area contributed by atoms with E-state index in [0.29, 0.717) is 18.8 Å². The van der Waals surface area contributed by atoms with Crippen LogP contribution in [-0.2, 0) is 17.8 Å². The van der Waals surface area contributed by atoms with Crippen LogP contribution in [0.1, 0.15) is 23.9 Å². The number of tetrazole rings is 1. The maximum atomic E-state index is 13.1. The van der Waals surface area contributed by atoms with Gasteiger partial charge in [-0.2, -0.15) is 5.10 Å². The molecule has 0 saturated heterocycles. The fourth-order valence-corrected chi connectivity index (χ4v) is 2.66. The molecule has 3 rings (SSSR count). The molecule has 0 aliphatic heterocycles. The Morgan fingerprint density at radius 1 is 1.31 bits per heavy atom. The van der Waals surface area contributed by atoms with E-state index in [1.165, 1.54) is 16.8 Å². The van der Waals surface area contributed by atoms with E-state index < -0.39 is 6.04 Å². The van der Waals surface area contributed by atoms with E-state index in [4.69, 9.17) is 0 Å². The van der Waals surface area contributed by atoms with Crippen molar-refractivity contribution in [1.29, 1.82) is 0 Å². The number of halogens is 1. The summed E-state index contributed by atoms with van der Waals surface area (Å²) in [6.45, 7) is 2.97. The summed E-state index contributed by atoms with van der Waals surface area (Å²) in [6.07, 6.45) is 4.73. The average molecular weight is 357 g/mol. The van der Waals surface area contributed by atoms with Gasteiger partial charge in [0.2, 0.25) is 5.91 Å². The molecule has 9 heteroatoms. The van der Waals surface area contributed by atoms with Gasteiger partial charge in [-0.05, 0) is 47.5 Å². The van der Waals surface area contributed by atoms with Gasteiger partial charge in [0, 0.05) is 31.9 Å². The lowest BCUT2D eigenvalue weighted by molar-refractivity contribution is -0.124. The summed E-state index contributed by atoms with van der Waals surface area (Å²) in [6, 6.07) is 7.33. The van der Waals surface area contributed by atoms with Gasteiger partial charge >= 0.3 is 0 Å². The van der Waals surface area contributed by atoms with E-state index in [0.717, 1.165) is 18.5 Å². The molecule has 1 amide bonds. The van der Waals surface area contributed by atoms with Gasteiger partial charge in [0.25, 0.3) is 0 Å². The molecule has 0 radical (unpaired) electrons. The number of carbonyl (C=O) groups excluding carboxylic acids is 1. The molecule has 1 aromatic carbocycles. The summed E-state index contributed by atoms with van der Waals surface area (Å²) in [7, 11) is 0. The molecular weight excluding hydrogens is 337 g/mol. The van der Waals surface area contributed by atoms with Crippen LogP contribution in [0, 0.1) is 12.7 Å². The predicted molar refractivity (Wildman–Crippen MR) is 91.5 cm³/mol. The molecule has 0 saturated carbocycles. The molecule has 136 valence electrons. The Balaban J connectivity index is 1.63. The molecule has 0 spiro atoms. The van der Waals surface area contributed by atoms with Crippen LogP contribution in [0.15, 0.2) is 42.7 Å². The molecule has 26 heavy (non-hydrogen) atoms. The van der Waals surface area contributed by atoms with Crippen LogP contribution in [0.3, 0.4) is 0 Å². The molecule has 0 bridgehead atoms. The molecule has 1 unspecified atom stereocenters. The van der Waals surface area contributed by atoms with Crippen molar-refractivity contribution in [2.24, 2.45) is 0 Å². The van der Waals surface area contributed by atoms with Crippen LogP contribution >= 0.6 is 0 Å². The van der Waals surface area contributed by atoms with Gasteiger partial charge in [0.15, 0.2) is 0 Å². The van der Waals surface area contributed by atoms with Crippen molar-refractivity contribution in [3.05, 3.63) is 59.9 Å². The van der Waals surface area contributed by atoms with Crippen LogP contribution in [-0.4, -0.2) is 42.4 Å². The van der Waals surface area contributed by atoms with Gasteiger partial charge in [-0.25, -0.2) is 9.07 Å². The third-order valence-corrected chi connectivity index (χ3v) is 4.02. The highest BCUT2D eigenvalue weighted by atomic mass is 19.1. The Morgan fingerprint density at radius 3 is 2.77 bits per heavy atom. The van der Waals surface area contributed by atoms with Crippen molar-refractivity contribution in [3.63, 3.8) is 0 Å². The first kappa shape index (κ1) is 17.7. The molecule has 2 aromatic heterocycles. The number of rotatable bonds is 8. The van der Waals surface area contributed by atoms with Crippen LogP contribution < -0.4 is 5.32 Å². The quantitative estimate of drug-likeness (QED) is 0.614. The van der Waals surface area contributed by atoms with Crippen molar-refractivity contribution in [2.45, 2.75) is 32.4 Å². The van der Waals surface area contributed by atoms with Gasteiger partial charge in [-0.3, -0.25) is 9.48 Å². The third kappa shape index (κ3) is 4.50. The fraction of sp³-hybridized carbons (Fsp3) is 0.353. The highest BCUT2D eigenvalue weighted by Gasteiger charge is 2.24. The Labute approximate surface area is 150 Å². The van der Waals surface area contributed by atoms with Crippen molar-refractivity contribution in [2.75, 3.05) is 6.54 Å². The van der Waals surface area contributed by atoms with E-state index in [1.807, 2.05) is 16.9 Å². The minimum atomic E-state index is -0.597. The van der Waals surface area contributed by atoms with Gasteiger partial charge in [-0.1, -0.05) is 12.1 Å². The first-order valence-electron chi connectivity index (χ1n) is 8.37. The van der Waals surface area contributed by atoms with Crippen LogP contribution in [0.5, 0.6) is 0 Å². The first-order chi connectivity index (χ1) is 12.6. The van der Waals surface area contributed by atoms with Gasteiger partial charge in [-0.15, -0.1) is 5.10 Å². The smallest absolute Gasteiger partial charge is 0.245 e. The molecule has 1 atom stereocenters. The Hall–Kier alpha value is -3.10. The van der Waals surface area contributed by atoms with Crippen molar-refractivity contribution < 1.29 is 9.18 Å².